The molecule has 2 rings (SSSR count). The minimum absolute atomic E-state index is 0.627. The predicted molar refractivity (Wildman–Crippen MR) is 88.0 cm³/mol. The van der Waals surface area contributed by atoms with E-state index in [-0.39, 0.29) is 0 Å². The fraction of sp³-hybridized carbons (Fsp3) is 0.684. The zero-order chi connectivity index (χ0) is 14.2. The van der Waals surface area contributed by atoms with E-state index in [2.05, 4.69) is 49.5 Å². The zero-order valence-corrected chi connectivity index (χ0v) is 13.3. The van der Waals surface area contributed by atoms with Crippen molar-refractivity contribution in [1.29, 1.82) is 0 Å². The van der Waals surface area contributed by atoms with Gasteiger partial charge >= 0.3 is 0 Å². The van der Waals surface area contributed by atoms with Gasteiger partial charge in [0.1, 0.15) is 0 Å². The average molecular weight is 273 g/mol. The van der Waals surface area contributed by atoms with Gasteiger partial charge in [0.2, 0.25) is 0 Å². The number of nitrogens with one attached hydrogen (secondary N) is 1. The molecule has 1 N–H and O–H groups in total. The second-order valence-corrected chi connectivity index (χ2v) is 6.50. The SMILES string of the molecule is CCC(NC(C)CCc1ccccc1)C1CCCCC1. The fourth-order valence-electron chi connectivity index (χ4n) is 3.60. The van der Waals surface area contributed by atoms with Gasteiger partial charge in [-0.3, -0.25) is 0 Å². The maximum absolute atomic E-state index is 3.91. The Morgan fingerprint density at radius 3 is 2.45 bits per heavy atom. The fourth-order valence-corrected chi connectivity index (χ4v) is 3.60. The monoisotopic (exact) mass is 273 g/mol. The Kier molecular flexibility index (Phi) is 6.59. The van der Waals surface area contributed by atoms with E-state index >= 15 is 0 Å². The second kappa shape index (κ2) is 8.46. The van der Waals surface area contributed by atoms with Crippen molar-refractivity contribution in [3.8, 4) is 0 Å². The van der Waals surface area contributed by atoms with E-state index in [0.717, 1.165) is 12.0 Å². The van der Waals surface area contributed by atoms with Crippen LogP contribution in [0.4, 0.5) is 0 Å². The number of rotatable bonds is 7. The Hall–Kier alpha value is -0.820. The number of aryl methyl sites for hydroxylation is 1. The van der Waals surface area contributed by atoms with Crippen LogP contribution in [0.15, 0.2) is 30.3 Å². The van der Waals surface area contributed by atoms with Crippen LogP contribution in [0.25, 0.3) is 0 Å². The minimum atomic E-state index is 0.627. The Labute approximate surface area is 125 Å². The topological polar surface area (TPSA) is 12.0 Å². The highest BCUT2D eigenvalue weighted by Gasteiger charge is 2.23. The number of hydrogen-bond donors (Lipinski definition) is 1. The zero-order valence-electron chi connectivity index (χ0n) is 13.3. The molecule has 1 heteroatoms. The normalized spacial score (nSPS) is 19.7. The molecule has 1 aromatic rings. The highest BCUT2D eigenvalue weighted by Crippen LogP contribution is 2.28. The van der Waals surface area contributed by atoms with Crippen molar-refractivity contribution in [1.82, 2.24) is 5.32 Å². The summed E-state index contributed by atoms with van der Waals surface area (Å²) in [5.74, 6) is 0.924. The van der Waals surface area contributed by atoms with Gasteiger partial charge in [-0.25, -0.2) is 0 Å². The lowest BCUT2D eigenvalue weighted by Crippen LogP contribution is -2.42. The standard InChI is InChI=1S/C19H31N/c1-3-19(18-12-8-5-9-13-18)20-16(2)14-15-17-10-6-4-7-11-17/h4,6-7,10-11,16,18-20H,3,5,8-9,12-15H2,1-2H3. The largest absolute Gasteiger partial charge is 0.311 e. The summed E-state index contributed by atoms with van der Waals surface area (Å²) >= 11 is 0. The first-order valence-electron chi connectivity index (χ1n) is 8.59. The van der Waals surface area contributed by atoms with Crippen LogP contribution in [0, 0.1) is 5.92 Å². The first-order chi connectivity index (χ1) is 9.79. The van der Waals surface area contributed by atoms with Crippen LogP contribution >= 0.6 is 0 Å². The van der Waals surface area contributed by atoms with Crippen LogP contribution < -0.4 is 5.32 Å². The first kappa shape index (κ1) is 15.6. The Morgan fingerprint density at radius 2 is 1.80 bits per heavy atom. The van der Waals surface area contributed by atoms with Gasteiger partial charge in [-0.1, -0.05) is 56.5 Å². The lowest BCUT2D eigenvalue weighted by atomic mass is 9.82. The van der Waals surface area contributed by atoms with Gasteiger partial charge in [-0.05, 0) is 50.5 Å². The molecular weight excluding hydrogens is 242 g/mol. The maximum atomic E-state index is 3.91. The summed E-state index contributed by atoms with van der Waals surface area (Å²) in [6.07, 6.45) is 10.9. The third kappa shape index (κ3) is 4.94. The van der Waals surface area contributed by atoms with Crippen LogP contribution in [0.1, 0.15) is 64.4 Å². The van der Waals surface area contributed by atoms with Gasteiger partial charge in [0.15, 0.2) is 0 Å². The molecule has 112 valence electrons. The van der Waals surface area contributed by atoms with Crippen molar-refractivity contribution in [3.63, 3.8) is 0 Å². The average Bonchev–Trinajstić information content (AvgIpc) is 2.52. The van der Waals surface area contributed by atoms with Gasteiger partial charge in [-0.15, -0.1) is 0 Å². The molecule has 0 heterocycles. The Balaban J connectivity index is 1.75. The molecule has 20 heavy (non-hydrogen) atoms. The molecule has 0 saturated heterocycles. The van der Waals surface area contributed by atoms with Gasteiger partial charge in [0, 0.05) is 12.1 Å². The minimum Gasteiger partial charge on any atom is -0.311 e. The van der Waals surface area contributed by atoms with Crippen molar-refractivity contribution in [3.05, 3.63) is 35.9 Å². The Bertz CT molecular complexity index is 353. The van der Waals surface area contributed by atoms with E-state index in [1.165, 1.54) is 56.9 Å². The van der Waals surface area contributed by atoms with Crippen LogP contribution in [0.5, 0.6) is 0 Å². The van der Waals surface area contributed by atoms with Crippen molar-refractivity contribution in [2.75, 3.05) is 0 Å². The summed E-state index contributed by atoms with van der Waals surface area (Å²) in [6.45, 7) is 4.70. The molecule has 1 aliphatic rings. The number of benzene rings is 1. The van der Waals surface area contributed by atoms with Crippen LogP contribution in [0.3, 0.4) is 0 Å². The van der Waals surface area contributed by atoms with Gasteiger partial charge < -0.3 is 5.32 Å². The molecule has 0 bridgehead atoms. The van der Waals surface area contributed by atoms with E-state index in [4.69, 9.17) is 0 Å². The highest BCUT2D eigenvalue weighted by molar-refractivity contribution is 5.14. The van der Waals surface area contributed by atoms with Crippen molar-refractivity contribution >= 4 is 0 Å². The quantitative estimate of drug-likeness (QED) is 0.740. The summed E-state index contributed by atoms with van der Waals surface area (Å²) in [5.41, 5.74) is 1.46. The molecule has 0 aliphatic heterocycles. The smallest absolute Gasteiger partial charge is 0.00951 e. The summed E-state index contributed by atoms with van der Waals surface area (Å²) in [4.78, 5) is 0. The van der Waals surface area contributed by atoms with E-state index in [1.54, 1.807) is 0 Å². The second-order valence-electron chi connectivity index (χ2n) is 6.50. The lowest BCUT2D eigenvalue weighted by molar-refractivity contribution is 0.246. The molecule has 2 unspecified atom stereocenters. The van der Waals surface area contributed by atoms with E-state index < -0.39 is 0 Å². The predicted octanol–water partition coefficient (Wildman–Crippen LogP) is 4.96. The molecule has 0 spiro atoms. The molecule has 1 aliphatic carbocycles. The summed E-state index contributed by atoms with van der Waals surface area (Å²) in [7, 11) is 0. The summed E-state index contributed by atoms with van der Waals surface area (Å²) in [5, 5.41) is 3.91. The molecule has 1 saturated carbocycles. The Morgan fingerprint density at radius 1 is 1.10 bits per heavy atom. The van der Waals surface area contributed by atoms with E-state index in [1.807, 2.05) is 0 Å². The molecule has 1 aromatic carbocycles. The van der Waals surface area contributed by atoms with Gasteiger partial charge in [-0.2, -0.15) is 0 Å². The third-order valence-electron chi connectivity index (χ3n) is 4.87. The molecule has 1 nitrogen and oxygen atoms in total. The van der Waals surface area contributed by atoms with Crippen LogP contribution in [-0.4, -0.2) is 12.1 Å². The molecule has 2 atom stereocenters. The van der Waals surface area contributed by atoms with Crippen molar-refractivity contribution in [2.24, 2.45) is 5.92 Å². The maximum Gasteiger partial charge on any atom is 0.00951 e. The summed E-state index contributed by atoms with van der Waals surface area (Å²) < 4.78 is 0. The van der Waals surface area contributed by atoms with Gasteiger partial charge in [0.25, 0.3) is 0 Å². The van der Waals surface area contributed by atoms with Crippen LogP contribution in [0.2, 0.25) is 0 Å². The lowest BCUT2D eigenvalue weighted by Gasteiger charge is -2.32. The van der Waals surface area contributed by atoms with Crippen molar-refractivity contribution < 1.29 is 0 Å². The molecular formula is C19H31N. The summed E-state index contributed by atoms with van der Waals surface area (Å²) in [6, 6.07) is 12.2. The van der Waals surface area contributed by atoms with E-state index in [9.17, 15) is 0 Å². The van der Waals surface area contributed by atoms with E-state index in [0.29, 0.717) is 6.04 Å². The van der Waals surface area contributed by atoms with Crippen molar-refractivity contribution in [2.45, 2.75) is 77.3 Å². The molecule has 1 fully saturated rings. The number of hydrogen-bond acceptors (Lipinski definition) is 1. The molecule has 0 aromatic heterocycles. The highest BCUT2D eigenvalue weighted by atomic mass is 14.9. The molecule has 0 amide bonds. The molecule has 0 radical (unpaired) electrons. The first-order valence-corrected chi connectivity index (χ1v) is 8.59. The van der Waals surface area contributed by atoms with Crippen LogP contribution in [-0.2, 0) is 6.42 Å². The van der Waals surface area contributed by atoms with Gasteiger partial charge in [0.05, 0.1) is 0 Å². The third-order valence-corrected chi connectivity index (χ3v) is 4.87.